The fraction of sp³-hybridized carbons (Fsp3) is 0.125. The predicted octanol–water partition coefficient (Wildman–Crippen LogP) is 4.29. The molecule has 0 aliphatic heterocycles. The first-order valence-electron chi connectivity index (χ1n) is 6.94. The second kappa shape index (κ2) is 7.50. The number of thiazole rings is 1. The molecular formula is C16H13F2N3OS2. The fourth-order valence-corrected chi connectivity index (χ4v) is 3.43. The molecule has 8 heteroatoms. The van der Waals surface area contributed by atoms with E-state index in [4.69, 9.17) is 0 Å². The van der Waals surface area contributed by atoms with E-state index in [-0.39, 0.29) is 5.75 Å². The van der Waals surface area contributed by atoms with Crippen LogP contribution in [0.2, 0.25) is 0 Å². The third-order valence-electron chi connectivity index (χ3n) is 3.10. The van der Waals surface area contributed by atoms with Crippen LogP contribution in [0.5, 0.6) is 5.75 Å². The molecule has 0 aliphatic rings. The summed E-state index contributed by atoms with van der Waals surface area (Å²) in [5.74, 6) is 0.123. The van der Waals surface area contributed by atoms with Gasteiger partial charge < -0.3 is 4.74 Å². The van der Waals surface area contributed by atoms with E-state index >= 15 is 0 Å². The Bertz CT molecular complexity index is 881. The lowest BCUT2D eigenvalue weighted by molar-refractivity contribution is -0.0498. The van der Waals surface area contributed by atoms with Gasteiger partial charge in [-0.15, -0.1) is 22.7 Å². The van der Waals surface area contributed by atoms with Crippen LogP contribution >= 0.6 is 22.7 Å². The highest BCUT2D eigenvalue weighted by molar-refractivity contribution is 7.11. The van der Waals surface area contributed by atoms with E-state index < -0.39 is 6.61 Å². The van der Waals surface area contributed by atoms with E-state index in [2.05, 4.69) is 14.8 Å². The van der Waals surface area contributed by atoms with Gasteiger partial charge >= 0.3 is 6.61 Å². The molecule has 0 bridgehead atoms. The molecular weight excluding hydrogens is 352 g/mol. The molecule has 3 aromatic rings. The van der Waals surface area contributed by atoms with Gasteiger partial charge in [-0.1, -0.05) is 6.07 Å². The summed E-state index contributed by atoms with van der Waals surface area (Å²) in [4.78, 5) is 5.99. The highest BCUT2D eigenvalue weighted by Crippen LogP contribution is 2.24. The molecule has 0 saturated carbocycles. The summed E-state index contributed by atoms with van der Waals surface area (Å²) in [5.41, 5.74) is 1.67. The van der Waals surface area contributed by atoms with E-state index in [1.807, 2.05) is 22.9 Å². The topological polar surface area (TPSA) is 38.9 Å². The molecule has 0 aliphatic carbocycles. The first-order valence-corrected chi connectivity index (χ1v) is 8.70. The average Bonchev–Trinajstić information content (AvgIpc) is 3.22. The van der Waals surface area contributed by atoms with Gasteiger partial charge in [0.2, 0.25) is 4.80 Å². The number of aromatic nitrogens is 1. The van der Waals surface area contributed by atoms with Crippen LogP contribution in [-0.2, 0) is 0 Å². The first-order chi connectivity index (χ1) is 11.7. The Kier molecular flexibility index (Phi) is 5.17. The molecule has 0 unspecified atom stereocenters. The zero-order valence-electron chi connectivity index (χ0n) is 12.6. The third-order valence-corrected chi connectivity index (χ3v) is 4.81. The fourth-order valence-electron chi connectivity index (χ4n) is 2.05. The molecule has 0 spiro atoms. The van der Waals surface area contributed by atoms with Crippen molar-refractivity contribution in [3.63, 3.8) is 0 Å². The SMILES string of the molecule is CN=c1scc(-c2ccc(OC(F)F)cc2)n1N=Cc1cccs1. The Hall–Kier alpha value is -2.32. The summed E-state index contributed by atoms with van der Waals surface area (Å²) in [5, 5.41) is 8.40. The van der Waals surface area contributed by atoms with Gasteiger partial charge in [0.1, 0.15) is 5.75 Å². The maximum atomic E-state index is 12.2. The van der Waals surface area contributed by atoms with Crippen LogP contribution in [0.1, 0.15) is 4.88 Å². The largest absolute Gasteiger partial charge is 0.435 e. The number of rotatable bonds is 5. The number of hydrogen-bond acceptors (Lipinski definition) is 5. The van der Waals surface area contributed by atoms with Crippen molar-refractivity contribution in [2.45, 2.75) is 6.61 Å². The second-order valence-electron chi connectivity index (χ2n) is 4.60. The van der Waals surface area contributed by atoms with E-state index in [1.54, 1.807) is 41.4 Å². The maximum absolute atomic E-state index is 12.2. The minimum Gasteiger partial charge on any atom is -0.435 e. The number of hydrogen-bond donors (Lipinski definition) is 0. The van der Waals surface area contributed by atoms with Crippen molar-refractivity contribution in [3.05, 3.63) is 56.8 Å². The lowest BCUT2D eigenvalue weighted by Gasteiger charge is -2.06. The molecule has 0 N–H and O–H groups in total. The van der Waals surface area contributed by atoms with Crippen LogP contribution in [0, 0.1) is 0 Å². The van der Waals surface area contributed by atoms with Crippen LogP contribution in [0.3, 0.4) is 0 Å². The van der Waals surface area contributed by atoms with Crippen LogP contribution in [-0.4, -0.2) is 24.5 Å². The van der Waals surface area contributed by atoms with Crippen molar-refractivity contribution in [1.82, 2.24) is 4.68 Å². The Morgan fingerprint density at radius 1 is 1.17 bits per heavy atom. The zero-order valence-corrected chi connectivity index (χ0v) is 14.2. The number of nitrogens with zero attached hydrogens (tertiary/aromatic N) is 3. The smallest absolute Gasteiger partial charge is 0.387 e. The van der Waals surface area contributed by atoms with Gasteiger partial charge in [0.25, 0.3) is 0 Å². The molecule has 0 amide bonds. The van der Waals surface area contributed by atoms with Crippen molar-refractivity contribution in [3.8, 4) is 17.0 Å². The minimum atomic E-state index is -2.83. The Morgan fingerprint density at radius 2 is 1.96 bits per heavy atom. The molecule has 2 heterocycles. The molecule has 0 fully saturated rings. The standard InChI is InChI=1S/C16H13F2N3OS2/c1-19-16-21(20-9-13-3-2-8-23-13)14(10-24-16)11-4-6-12(7-5-11)22-15(17)18/h2-10,15H,1H3. The van der Waals surface area contributed by atoms with Crippen LogP contribution in [0.15, 0.2) is 57.3 Å². The summed E-state index contributed by atoms with van der Waals surface area (Å²) in [6.07, 6.45) is 1.77. The molecule has 0 radical (unpaired) electrons. The average molecular weight is 365 g/mol. The minimum absolute atomic E-state index is 0.123. The Morgan fingerprint density at radius 3 is 2.58 bits per heavy atom. The zero-order chi connectivity index (χ0) is 16.9. The van der Waals surface area contributed by atoms with Crippen LogP contribution < -0.4 is 9.54 Å². The van der Waals surface area contributed by atoms with Gasteiger partial charge in [-0.2, -0.15) is 13.9 Å². The van der Waals surface area contributed by atoms with Crippen molar-refractivity contribution in [2.75, 3.05) is 7.05 Å². The van der Waals surface area contributed by atoms with Crippen molar-refractivity contribution in [1.29, 1.82) is 0 Å². The van der Waals surface area contributed by atoms with Gasteiger partial charge in [-0.3, -0.25) is 4.99 Å². The first kappa shape index (κ1) is 16.5. The van der Waals surface area contributed by atoms with Crippen molar-refractivity contribution >= 4 is 28.9 Å². The molecule has 0 saturated heterocycles. The number of thiophene rings is 1. The second-order valence-corrected chi connectivity index (χ2v) is 6.42. The summed E-state index contributed by atoms with van der Waals surface area (Å²) in [7, 11) is 1.70. The molecule has 124 valence electrons. The molecule has 1 aromatic carbocycles. The number of benzene rings is 1. The summed E-state index contributed by atoms with van der Waals surface area (Å²) >= 11 is 3.05. The number of alkyl halides is 2. The lowest BCUT2D eigenvalue weighted by Crippen LogP contribution is -2.11. The molecule has 4 nitrogen and oxygen atoms in total. The van der Waals surface area contributed by atoms with Crippen LogP contribution in [0.4, 0.5) is 8.78 Å². The normalized spacial score (nSPS) is 12.4. The quantitative estimate of drug-likeness (QED) is 0.622. The van der Waals surface area contributed by atoms with E-state index in [0.717, 1.165) is 20.9 Å². The summed E-state index contributed by atoms with van der Waals surface area (Å²) in [6, 6.07) is 10.4. The van der Waals surface area contributed by atoms with Gasteiger partial charge in [-0.25, -0.2) is 4.68 Å². The third kappa shape index (κ3) is 3.77. The Labute approximate surface area is 145 Å². The van der Waals surface area contributed by atoms with E-state index in [9.17, 15) is 8.78 Å². The van der Waals surface area contributed by atoms with Crippen molar-refractivity contribution in [2.24, 2.45) is 10.1 Å². The highest BCUT2D eigenvalue weighted by atomic mass is 32.1. The van der Waals surface area contributed by atoms with E-state index in [0.29, 0.717) is 0 Å². The Balaban J connectivity index is 1.95. The summed E-state index contributed by atoms with van der Waals surface area (Å²) < 4.78 is 30.6. The predicted molar refractivity (Wildman–Crippen MR) is 93.2 cm³/mol. The summed E-state index contributed by atoms with van der Waals surface area (Å²) in [6.45, 7) is -2.83. The highest BCUT2D eigenvalue weighted by Gasteiger charge is 2.09. The van der Waals surface area contributed by atoms with Crippen LogP contribution in [0.25, 0.3) is 11.3 Å². The van der Waals surface area contributed by atoms with Gasteiger partial charge in [0.15, 0.2) is 0 Å². The number of ether oxygens (including phenoxy) is 1. The monoisotopic (exact) mass is 365 g/mol. The van der Waals surface area contributed by atoms with Gasteiger partial charge in [0.05, 0.1) is 11.9 Å². The lowest BCUT2D eigenvalue weighted by atomic mass is 10.2. The molecule has 0 atom stereocenters. The maximum Gasteiger partial charge on any atom is 0.387 e. The van der Waals surface area contributed by atoms with Crippen molar-refractivity contribution < 1.29 is 13.5 Å². The van der Waals surface area contributed by atoms with Gasteiger partial charge in [0, 0.05) is 22.9 Å². The number of halogens is 2. The van der Waals surface area contributed by atoms with Gasteiger partial charge in [-0.05, 0) is 35.7 Å². The van der Waals surface area contributed by atoms with E-state index in [1.165, 1.54) is 23.5 Å². The molecule has 24 heavy (non-hydrogen) atoms. The molecule has 2 aromatic heterocycles. The molecule has 3 rings (SSSR count).